The molecule has 26 heavy (non-hydrogen) atoms. The molecule has 0 saturated carbocycles. The van der Waals surface area contributed by atoms with E-state index in [2.05, 4.69) is 5.32 Å². The summed E-state index contributed by atoms with van der Waals surface area (Å²) in [6.07, 6.45) is 1.31. The Labute approximate surface area is 149 Å². The van der Waals surface area contributed by atoms with Gasteiger partial charge in [-0.2, -0.15) is 0 Å². The average molecular weight is 378 g/mol. The first-order valence-electron chi connectivity index (χ1n) is 8.11. The Hall–Kier alpha value is -2.45. The SMILES string of the molecule is CC1NCCOc2ccc3c(ccn3S(=O)(=O)c3c(F)cccc3F)c21. The fourth-order valence-electron chi connectivity index (χ4n) is 3.34. The van der Waals surface area contributed by atoms with E-state index in [1.54, 1.807) is 18.2 Å². The molecule has 1 unspecified atom stereocenters. The topological polar surface area (TPSA) is 60.3 Å². The number of halogens is 2. The van der Waals surface area contributed by atoms with Crippen LogP contribution in [0, 0.1) is 11.6 Å². The van der Waals surface area contributed by atoms with Gasteiger partial charge in [-0.25, -0.2) is 21.2 Å². The van der Waals surface area contributed by atoms with E-state index in [0.29, 0.717) is 29.8 Å². The summed E-state index contributed by atoms with van der Waals surface area (Å²) in [6.45, 7) is 3.12. The minimum atomic E-state index is -4.43. The highest BCUT2D eigenvalue weighted by Gasteiger charge is 2.28. The van der Waals surface area contributed by atoms with E-state index in [9.17, 15) is 17.2 Å². The summed E-state index contributed by atoms with van der Waals surface area (Å²) in [4.78, 5) is -0.963. The molecule has 5 nitrogen and oxygen atoms in total. The molecule has 0 amide bonds. The maximum Gasteiger partial charge on any atom is 0.274 e. The van der Waals surface area contributed by atoms with Gasteiger partial charge >= 0.3 is 0 Å². The highest BCUT2D eigenvalue weighted by molar-refractivity contribution is 7.90. The predicted octanol–water partition coefficient (Wildman–Crippen LogP) is 3.20. The van der Waals surface area contributed by atoms with Crippen LogP contribution in [0.4, 0.5) is 8.78 Å². The molecule has 3 aromatic rings. The van der Waals surface area contributed by atoms with Crippen LogP contribution in [-0.2, 0) is 10.0 Å². The molecule has 0 aliphatic carbocycles. The van der Waals surface area contributed by atoms with Crippen molar-refractivity contribution in [3.05, 3.63) is 59.8 Å². The predicted molar refractivity (Wildman–Crippen MR) is 92.8 cm³/mol. The zero-order chi connectivity index (χ0) is 18.5. The number of aromatic nitrogens is 1. The van der Waals surface area contributed by atoms with E-state index in [0.717, 1.165) is 27.7 Å². The molecule has 1 atom stereocenters. The van der Waals surface area contributed by atoms with E-state index < -0.39 is 26.6 Å². The van der Waals surface area contributed by atoms with Crippen molar-refractivity contribution in [1.29, 1.82) is 0 Å². The van der Waals surface area contributed by atoms with E-state index in [1.807, 2.05) is 6.92 Å². The molecule has 0 spiro atoms. The van der Waals surface area contributed by atoms with Crippen LogP contribution in [0.5, 0.6) is 5.75 Å². The van der Waals surface area contributed by atoms with Crippen LogP contribution in [-0.4, -0.2) is 25.5 Å². The molecule has 1 aliphatic rings. The number of ether oxygens (including phenoxy) is 1. The van der Waals surface area contributed by atoms with Crippen LogP contribution >= 0.6 is 0 Å². The highest BCUT2D eigenvalue weighted by atomic mass is 32.2. The van der Waals surface area contributed by atoms with E-state index in [4.69, 9.17) is 4.74 Å². The molecule has 4 rings (SSSR count). The molecule has 8 heteroatoms. The van der Waals surface area contributed by atoms with Crippen LogP contribution < -0.4 is 10.1 Å². The Morgan fingerprint density at radius 2 is 1.88 bits per heavy atom. The lowest BCUT2D eigenvalue weighted by Gasteiger charge is -2.15. The van der Waals surface area contributed by atoms with Crippen molar-refractivity contribution in [1.82, 2.24) is 9.29 Å². The molecule has 0 fully saturated rings. The average Bonchev–Trinajstić information content (AvgIpc) is 2.93. The van der Waals surface area contributed by atoms with Crippen LogP contribution in [0.15, 0.2) is 47.5 Å². The molecular weight excluding hydrogens is 362 g/mol. The monoisotopic (exact) mass is 378 g/mol. The van der Waals surface area contributed by atoms with Crippen molar-refractivity contribution in [2.45, 2.75) is 17.9 Å². The van der Waals surface area contributed by atoms with Crippen molar-refractivity contribution in [3.8, 4) is 5.75 Å². The van der Waals surface area contributed by atoms with Crippen molar-refractivity contribution >= 4 is 20.9 Å². The first kappa shape index (κ1) is 17.0. The third-order valence-corrected chi connectivity index (χ3v) is 6.26. The van der Waals surface area contributed by atoms with Gasteiger partial charge in [0.15, 0.2) is 4.90 Å². The molecular formula is C18H16F2N2O3S. The van der Waals surface area contributed by atoms with Gasteiger partial charge in [-0.15, -0.1) is 0 Å². The first-order chi connectivity index (χ1) is 12.4. The van der Waals surface area contributed by atoms with Crippen molar-refractivity contribution in [2.75, 3.05) is 13.2 Å². The van der Waals surface area contributed by atoms with Gasteiger partial charge < -0.3 is 10.1 Å². The van der Waals surface area contributed by atoms with Gasteiger partial charge in [0.2, 0.25) is 0 Å². The second-order valence-electron chi connectivity index (χ2n) is 6.10. The number of fused-ring (bicyclic) bond motifs is 3. The van der Waals surface area contributed by atoms with Crippen LogP contribution in [0.1, 0.15) is 18.5 Å². The van der Waals surface area contributed by atoms with Gasteiger partial charge in [0.1, 0.15) is 24.0 Å². The minimum absolute atomic E-state index is 0.0556. The van der Waals surface area contributed by atoms with Crippen molar-refractivity contribution < 1.29 is 21.9 Å². The van der Waals surface area contributed by atoms with E-state index >= 15 is 0 Å². The number of rotatable bonds is 2. The molecule has 0 bridgehead atoms. The van der Waals surface area contributed by atoms with Gasteiger partial charge in [-0.3, -0.25) is 0 Å². The fraction of sp³-hybridized carbons (Fsp3) is 0.222. The van der Waals surface area contributed by atoms with Crippen LogP contribution in [0.2, 0.25) is 0 Å². The summed E-state index contributed by atoms with van der Waals surface area (Å²) in [6, 6.07) is 7.81. The summed E-state index contributed by atoms with van der Waals surface area (Å²) >= 11 is 0. The normalized spacial score (nSPS) is 17.6. The fourth-order valence-corrected chi connectivity index (χ4v) is 4.81. The maximum atomic E-state index is 14.1. The standard InChI is InChI=1S/C18H16F2N2O3S/c1-11-17-12-7-9-22(15(12)5-6-16(17)25-10-8-21-11)26(23,24)18-13(19)3-2-4-14(18)20/h2-7,9,11,21H,8,10H2,1H3. The van der Waals surface area contributed by atoms with E-state index in [1.165, 1.54) is 6.20 Å². The summed E-state index contributed by atoms with van der Waals surface area (Å²) in [5.41, 5.74) is 1.16. The Morgan fingerprint density at radius 3 is 2.62 bits per heavy atom. The molecule has 2 heterocycles. The lowest BCUT2D eigenvalue weighted by molar-refractivity contribution is 0.325. The van der Waals surface area contributed by atoms with Gasteiger partial charge in [0, 0.05) is 29.7 Å². The Bertz CT molecular complexity index is 1090. The zero-order valence-corrected chi connectivity index (χ0v) is 14.7. The number of nitrogens with zero attached hydrogens (tertiary/aromatic N) is 1. The third kappa shape index (κ3) is 2.48. The molecule has 1 aliphatic heterocycles. The third-order valence-electron chi connectivity index (χ3n) is 4.52. The molecule has 0 saturated heterocycles. The van der Waals surface area contributed by atoms with Crippen molar-refractivity contribution in [3.63, 3.8) is 0 Å². The number of hydrogen-bond donors (Lipinski definition) is 1. The van der Waals surface area contributed by atoms with Gasteiger partial charge in [-0.1, -0.05) is 6.07 Å². The number of benzene rings is 2. The summed E-state index contributed by atoms with van der Waals surface area (Å²) < 4.78 is 60.5. The quantitative estimate of drug-likeness (QED) is 0.744. The van der Waals surface area contributed by atoms with Gasteiger partial charge in [0.25, 0.3) is 10.0 Å². The molecule has 2 aromatic carbocycles. The number of nitrogens with one attached hydrogen (secondary N) is 1. The molecule has 136 valence electrons. The lowest BCUT2D eigenvalue weighted by atomic mass is 10.0. The summed E-state index contributed by atoms with van der Waals surface area (Å²) in [7, 11) is -4.43. The molecule has 1 N–H and O–H groups in total. The Morgan fingerprint density at radius 1 is 1.15 bits per heavy atom. The molecule has 1 aromatic heterocycles. The van der Waals surface area contributed by atoms with Crippen LogP contribution in [0.25, 0.3) is 10.9 Å². The molecule has 0 radical (unpaired) electrons. The van der Waals surface area contributed by atoms with E-state index in [-0.39, 0.29) is 6.04 Å². The highest BCUT2D eigenvalue weighted by Crippen LogP contribution is 2.36. The summed E-state index contributed by atoms with van der Waals surface area (Å²) in [5.74, 6) is -1.58. The second kappa shape index (κ2) is 6.07. The van der Waals surface area contributed by atoms with Gasteiger partial charge in [0.05, 0.1) is 5.52 Å². The zero-order valence-electron chi connectivity index (χ0n) is 13.9. The number of hydrogen-bond acceptors (Lipinski definition) is 4. The van der Waals surface area contributed by atoms with Crippen LogP contribution in [0.3, 0.4) is 0 Å². The second-order valence-corrected chi connectivity index (χ2v) is 7.85. The smallest absolute Gasteiger partial charge is 0.274 e. The lowest BCUT2D eigenvalue weighted by Crippen LogP contribution is -2.20. The Kier molecular flexibility index (Phi) is 3.96. The maximum absolute atomic E-state index is 14.1. The first-order valence-corrected chi connectivity index (χ1v) is 9.55. The van der Waals surface area contributed by atoms with Crippen molar-refractivity contribution in [2.24, 2.45) is 0 Å². The summed E-state index contributed by atoms with van der Waals surface area (Å²) in [5, 5.41) is 3.94. The Balaban J connectivity index is 1.97. The van der Waals surface area contributed by atoms with Gasteiger partial charge in [-0.05, 0) is 37.3 Å². The minimum Gasteiger partial charge on any atom is -0.492 e. The largest absolute Gasteiger partial charge is 0.492 e.